The molecule has 0 bridgehead atoms. The van der Waals surface area contributed by atoms with Crippen LogP contribution in [0.15, 0.2) is 18.2 Å². The average molecular weight is 301 g/mol. The first kappa shape index (κ1) is 15.6. The van der Waals surface area contributed by atoms with Crippen molar-refractivity contribution in [2.45, 2.75) is 31.6 Å². The zero-order valence-electron chi connectivity index (χ0n) is 11.7. The normalized spacial score (nSPS) is 18.9. The Morgan fingerprint density at radius 3 is 2.76 bits per heavy atom. The van der Waals surface area contributed by atoms with E-state index in [1.807, 2.05) is 4.90 Å². The number of rotatable bonds is 3. The van der Waals surface area contributed by atoms with Crippen LogP contribution in [-0.4, -0.2) is 25.5 Å². The molecule has 1 aromatic rings. The molecule has 1 aliphatic rings. The van der Waals surface area contributed by atoms with Gasteiger partial charge in [-0.05, 0) is 36.6 Å². The summed E-state index contributed by atoms with van der Waals surface area (Å²) >= 11 is 0. The van der Waals surface area contributed by atoms with Crippen LogP contribution in [0.3, 0.4) is 0 Å². The Labute approximate surface area is 121 Å². The van der Waals surface area contributed by atoms with E-state index < -0.39 is 11.7 Å². The number of hydrogen-bond donors (Lipinski definition) is 2. The number of nitrogens with zero attached hydrogens (tertiary/aromatic N) is 1. The van der Waals surface area contributed by atoms with Gasteiger partial charge in [0, 0.05) is 25.8 Å². The minimum atomic E-state index is -4.40. The third-order valence-electron chi connectivity index (χ3n) is 3.74. The molecule has 1 aliphatic heterocycles. The van der Waals surface area contributed by atoms with Crippen LogP contribution < -0.4 is 16.0 Å². The first-order valence-electron chi connectivity index (χ1n) is 6.77. The van der Waals surface area contributed by atoms with E-state index in [1.54, 1.807) is 7.05 Å². The third-order valence-corrected chi connectivity index (χ3v) is 3.74. The summed E-state index contributed by atoms with van der Waals surface area (Å²) in [4.78, 5) is 13.7. The van der Waals surface area contributed by atoms with Crippen LogP contribution >= 0.6 is 0 Å². The second kappa shape index (κ2) is 5.93. The van der Waals surface area contributed by atoms with Crippen molar-refractivity contribution in [2.75, 3.05) is 18.5 Å². The van der Waals surface area contributed by atoms with E-state index in [0.717, 1.165) is 18.6 Å². The monoisotopic (exact) mass is 301 g/mol. The summed E-state index contributed by atoms with van der Waals surface area (Å²) in [6.07, 6.45) is -2.89. The van der Waals surface area contributed by atoms with E-state index in [1.165, 1.54) is 6.07 Å². The number of nitrogens with two attached hydrogens (primary N) is 1. The Kier molecular flexibility index (Phi) is 4.41. The number of hydrogen-bond acceptors (Lipinski definition) is 3. The summed E-state index contributed by atoms with van der Waals surface area (Å²) < 4.78 is 38.3. The SMILES string of the molecule is CNC(=O)C1CCCN1c1ccc(C(F)(F)F)cc1CN. The number of halogens is 3. The summed E-state index contributed by atoms with van der Waals surface area (Å²) in [5, 5.41) is 2.59. The van der Waals surface area contributed by atoms with Gasteiger partial charge in [0.15, 0.2) is 0 Å². The Bertz CT molecular complexity index is 531. The summed E-state index contributed by atoms with van der Waals surface area (Å²) in [5.41, 5.74) is 5.88. The highest BCUT2D eigenvalue weighted by Gasteiger charge is 2.34. The van der Waals surface area contributed by atoms with E-state index in [9.17, 15) is 18.0 Å². The molecule has 1 aromatic carbocycles. The zero-order chi connectivity index (χ0) is 15.6. The van der Waals surface area contributed by atoms with E-state index >= 15 is 0 Å². The highest BCUT2D eigenvalue weighted by Crippen LogP contribution is 2.35. The maximum Gasteiger partial charge on any atom is 0.416 e. The second-order valence-corrected chi connectivity index (χ2v) is 5.01. The maximum atomic E-state index is 12.8. The zero-order valence-corrected chi connectivity index (χ0v) is 11.7. The molecule has 3 N–H and O–H groups in total. The minimum Gasteiger partial charge on any atom is -0.359 e. The second-order valence-electron chi connectivity index (χ2n) is 5.01. The highest BCUT2D eigenvalue weighted by molar-refractivity contribution is 5.86. The van der Waals surface area contributed by atoms with Gasteiger partial charge in [0.1, 0.15) is 6.04 Å². The van der Waals surface area contributed by atoms with Crippen molar-refractivity contribution in [1.82, 2.24) is 5.32 Å². The Balaban J connectivity index is 2.37. The number of amides is 1. The van der Waals surface area contributed by atoms with Crippen LogP contribution in [0.2, 0.25) is 0 Å². The molecule has 116 valence electrons. The van der Waals surface area contributed by atoms with Crippen LogP contribution in [0, 0.1) is 0 Å². The van der Waals surface area contributed by atoms with Gasteiger partial charge in [0.2, 0.25) is 5.91 Å². The lowest BCUT2D eigenvalue weighted by Crippen LogP contribution is -2.42. The predicted molar refractivity (Wildman–Crippen MR) is 73.8 cm³/mol. The molecule has 4 nitrogen and oxygen atoms in total. The molecular formula is C14H18F3N3O. The molecule has 0 aromatic heterocycles. The van der Waals surface area contributed by atoms with Crippen molar-refractivity contribution in [1.29, 1.82) is 0 Å². The largest absolute Gasteiger partial charge is 0.416 e. The maximum absolute atomic E-state index is 12.8. The number of likely N-dealkylation sites (N-methyl/N-ethyl adjacent to an activating group) is 1. The number of anilines is 1. The van der Waals surface area contributed by atoms with Crippen LogP contribution in [0.4, 0.5) is 18.9 Å². The fraction of sp³-hybridized carbons (Fsp3) is 0.500. The summed E-state index contributed by atoms with van der Waals surface area (Å²) in [7, 11) is 1.55. The number of alkyl halides is 3. The molecule has 21 heavy (non-hydrogen) atoms. The van der Waals surface area contributed by atoms with E-state index in [4.69, 9.17) is 5.73 Å². The van der Waals surface area contributed by atoms with Gasteiger partial charge in [0.25, 0.3) is 0 Å². The molecule has 1 heterocycles. The third kappa shape index (κ3) is 3.12. The number of nitrogens with one attached hydrogen (secondary N) is 1. The average Bonchev–Trinajstić information content (AvgIpc) is 2.93. The van der Waals surface area contributed by atoms with Crippen molar-refractivity contribution >= 4 is 11.6 Å². The first-order valence-corrected chi connectivity index (χ1v) is 6.77. The van der Waals surface area contributed by atoms with Crippen LogP contribution in [0.1, 0.15) is 24.0 Å². The fourth-order valence-corrected chi connectivity index (χ4v) is 2.70. The molecule has 1 saturated heterocycles. The molecule has 1 fully saturated rings. The summed E-state index contributed by atoms with van der Waals surface area (Å²) in [5.74, 6) is -0.129. The first-order chi connectivity index (χ1) is 9.88. The van der Waals surface area contributed by atoms with Crippen molar-refractivity contribution in [2.24, 2.45) is 5.73 Å². The molecule has 7 heteroatoms. The van der Waals surface area contributed by atoms with Gasteiger partial charge in [-0.2, -0.15) is 13.2 Å². The van der Waals surface area contributed by atoms with Crippen LogP contribution in [0.5, 0.6) is 0 Å². The van der Waals surface area contributed by atoms with Gasteiger partial charge in [-0.25, -0.2) is 0 Å². The molecule has 1 atom stereocenters. The van der Waals surface area contributed by atoms with Crippen LogP contribution in [0.25, 0.3) is 0 Å². The molecule has 1 amide bonds. The smallest absolute Gasteiger partial charge is 0.359 e. The van der Waals surface area contributed by atoms with Crippen molar-refractivity contribution in [3.63, 3.8) is 0 Å². The molecule has 0 saturated carbocycles. The standard InChI is InChI=1S/C14H18F3N3O/c1-19-13(21)12-3-2-6-20(12)11-5-4-10(14(15,16)17)7-9(11)8-18/h4-5,7,12H,2-3,6,8,18H2,1H3,(H,19,21). The van der Waals surface area contributed by atoms with Crippen molar-refractivity contribution < 1.29 is 18.0 Å². The Morgan fingerprint density at radius 1 is 1.48 bits per heavy atom. The Morgan fingerprint density at radius 2 is 2.19 bits per heavy atom. The van der Waals surface area contributed by atoms with E-state index in [0.29, 0.717) is 24.2 Å². The van der Waals surface area contributed by atoms with Gasteiger partial charge in [-0.1, -0.05) is 0 Å². The lowest BCUT2D eigenvalue weighted by atomic mass is 10.1. The van der Waals surface area contributed by atoms with Gasteiger partial charge in [-0.3, -0.25) is 4.79 Å². The van der Waals surface area contributed by atoms with Gasteiger partial charge >= 0.3 is 6.18 Å². The molecule has 0 aliphatic carbocycles. The van der Waals surface area contributed by atoms with Gasteiger partial charge < -0.3 is 16.0 Å². The molecule has 2 rings (SSSR count). The van der Waals surface area contributed by atoms with Gasteiger partial charge in [0.05, 0.1) is 5.56 Å². The van der Waals surface area contributed by atoms with Gasteiger partial charge in [-0.15, -0.1) is 0 Å². The number of carbonyl (C=O) groups excluding carboxylic acids is 1. The predicted octanol–water partition coefficient (Wildman–Crippen LogP) is 1.88. The lowest BCUT2D eigenvalue weighted by molar-refractivity contribution is -0.137. The number of benzene rings is 1. The molecule has 1 unspecified atom stereocenters. The van der Waals surface area contributed by atoms with Crippen LogP contribution in [-0.2, 0) is 17.5 Å². The summed E-state index contributed by atoms with van der Waals surface area (Å²) in [6.45, 7) is 0.632. The quantitative estimate of drug-likeness (QED) is 0.896. The molecule has 0 spiro atoms. The highest BCUT2D eigenvalue weighted by atomic mass is 19.4. The van der Waals surface area contributed by atoms with Crippen molar-refractivity contribution in [3.8, 4) is 0 Å². The van der Waals surface area contributed by atoms with E-state index in [-0.39, 0.29) is 18.5 Å². The van der Waals surface area contributed by atoms with Crippen molar-refractivity contribution in [3.05, 3.63) is 29.3 Å². The minimum absolute atomic E-state index is 0.00375. The molecular weight excluding hydrogens is 283 g/mol. The molecule has 0 radical (unpaired) electrons. The lowest BCUT2D eigenvalue weighted by Gasteiger charge is -2.28. The fourth-order valence-electron chi connectivity index (χ4n) is 2.70. The Hall–Kier alpha value is -1.76. The number of carbonyl (C=O) groups is 1. The topological polar surface area (TPSA) is 58.4 Å². The summed E-state index contributed by atoms with van der Waals surface area (Å²) in [6, 6.07) is 3.16. The van der Waals surface area contributed by atoms with E-state index in [2.05, 4.69) is 5.32 Å².